The van der Waals surface area contributed by atoms with Crippen LogP contribution < -0.4 is 5.32 Å². The molecule has 1 N–H and O–H groups in total. The van der Waals surface area contributed by atoms with Crippen LogP contribution in [0, 0.1) is 0 Å². The molecule has 0 aliphatic rings. The average molecular weight is 266 g/mol. The van der Waals surface area contributed by atoms with E-state index in [1.807, 2.05) is 18.2 Å². The fraction of sp³-hybridized carbons (Fsp3) is 0.467. The van der Waals surface area contributed by atoms with Crippen LogP contribution in [0.15, 0.2) is 28.7 Å². The summed E-state index contributed by atoms with van der Waals surface area (Å²) in [4.78, 5) is 0. The Hall–Kier alpha value is -0.990. The van der Waals surface area contributed by atoms with Crippen molar-refractivity contribution in [2.24, 2.45) is 0 Å². The molecule has 1 unspecified atom stereocenters. The van der Waals surface area contributed by atoms with Gasteiger partial charge in [0.1, 0.15) is 5.76 Å². The summed E-state index contributed by atoms with van der Waals surface area (Å²) in [6.07, 6.45) is 3.34. The van der Waals surface area contributed by atoms with E-state index < -0.39 is 0 Å². The van der Waals surface area contributed by atoms with E-state index >= 15 is 0 Å². The summed E-state index contributed by atoms with van der Waals surface area (Å²) >= 11 is 6.14. The quantitative estimate of drug-likeness (QED) is 0.801. The summed E-state index contributed by atoms with van der Waals surface area (Å²) in [5, 5.41) is 5.30. The average Bonchev–Trinajstić information content (AvgIpc) is 2.80. The largest absolute Gasteiger partial charge is 0.458 e. The van der Waals surface area contributed by atoms with Gasteiger partial charge in [0, 0.05) is 5.39 Å². The molecule has 0 saturated carbocycles. The number of para-hydroxylation sites is 1. The monoisotopic (exact) mass is 265 g/mol. The summed E-state index contributed by atoms with van der Waals surface area (Å²) in [6, 6.07) is 8.25. The zero-order valence-electron chi connectivity index (χ0n) is 11.0. The lowest BCUT2D eigenvalue weighted by Crippen LogP contribution is -2.21. The van der Waals surface area contributed by atoms with Crippen molar-refractivity contribution in [1.82, 2.24) is 5.32 Å². The molecule has 0 bridgehead atoms. The Morgan fingerprint density at radius 2 is 2.11 bits per heavy atom. The molecule has 18 heavy (non-hydrogen) atoms. The van der Waals surface area contributed by atoms with E-state index in [2.05, 4.69) is 25.2 Å². The van der Waals surface area contributed by atoms with Gasteiger partial charge in [0.2, 0.25) is 0 Å². The van der Waals surface area contributed by atoms with E-state index in [0.29, 0.717) is 11.1 Å². The number of fused-ring (bicyclic) bond motifs is 1. The molecule has 1 heterocycles. The molecule has 0 aliphatic heterocycles. The highest BCUT2D eigenvalue weighted by Gasteiger charge is 2.15. The van der Waals surface area contributed by atoms with E-state index in [1.165, 1.54) is 0 Å². The lowest BCUT2D eigenvalue weighted by Gasteiger charge is -2.14. The van der Waals surface area contributed by atoms with Crippen molar-refractivity contribution < 1.29 is 4.42 Å². The Morgan fingerprint density at radius 3 is 2.78 bits per heavy atom. The number of hydrogen-bond donors (Lipinski definition) is 1. The van der Waals surface area contributed by atoms with E-state index in [-0.39, 0.29) is 0 Å². The molecule has 1 aromatic heterocycles. The van der Waals surface area contributed by atoms with Gasteiger partial charge in [-0.2, -0.15) is 0 Å². The van der Waals surface area contributed by atoms with Gasteiger partial charge in [-0.05, 0) is 31.5 Å². The Balaban J connectivity index is 2.29. The van der Waals surface area contributed by atoms with Crippen molar-refractivity contribution in [3.8, 4) is 0 Å². The third kappa shape index (κ3) is 2.88. The van der Waals surface area contributed by atoms with Crippen LogP contribution in [-0.2, 0) is 0 Å². The van der Waals surface area contributed by atoms with Gasteiger partial charge >= 0.3 is 0 Å². The molecule has 2 rings (SSSR count). The second kappa shape index (κ2) is 6.26. The van der Waals surface area contributed by atoms with Crippen molar-refractivity contribution in [1.29, 1.82) is 0 Å². The first-order chi connectivity index (χ1) is 8.76. The minimum atomic E-state index is 0.290. The highest BCUT2D eigenvalue weighted by molar-refractivity contribution is 6.34. The highest BCUT2D eigenvalue weighted by Crippen LogP contribution is 2.30. The number of nitrogens with one attached hydrogen (secondary N) is 1. The molecular weight excluding hydrogens is 246 g/mol. The molecule has 0 amide bonds. The van der Waals surface area contributed by atoms with Crippen LogP contribution in [0.2, 0.25) is 5.02 Å². The first-order valence-electron chi connectivity index (χ1n) is 6.67. The fourth-order valence-electron chi connectivity index (χ4n) is 2.17. The standard InChI is InChI=1S/C15H20ClNO/c1-3-6-13(17-9-4-2)14-10-11-7-5-8-12(16)15(11)18-14/h5,7-8,10,13,17H,3-4,6,9H2,1-2H3. The van der Waals surface area contributed by atoms with Crippen molar-refractivity contribution in [3.63, 3.8) is 0 Å². The lowest BCUT2D eigenvalue weighted by molar-refractivity contribution is 0.408. The molecule has 0 fully saturated rings. The van der Waals surface area contributed by atoms with Gasteiger partial charge in [0.05, 0.1) is 11.1 Å². The van der Waals surface area contributed by atoms with Crippen LogP contribution in [0.1, 0.15) is 44.9 Å². The summed E-state index contributed by atoms with van der Waals surface area (Å²) in [5.74, 6) is 0.994. The molecular formula is C15H20ClNO. The van der Waals surface area contributed by atoms with Crippen LogP contribution >= 0.6 is 11.6 Å². The van der Waals surface area contributed by atoms with Crippen LogP contribution in [0.5, 0.6) is 0 Å². The number of rotatable bonds is 6. The Labute approximate surface area is 113 Å². The van der Waals surface area contributed by atoms with Crippen LogP contribution in [-0.4, -0.2) is 6.54 Å². The predicted octanol–water partition coefficient (Wildman–Crippen LogP) is 4.93. The van der Waals surface area contributed by atoms with Gasteiger partial charge in [0.15, 0.2) is 5.58 Å². The SMILES string of the molecule is CCCNC(CCC)c1cc2cccc(Cl)c2o1. The Bertz CT molecular complexity index is 506. The van der Waals surface area contributed by atoms with E-state index in [1.54, 1.807) is 0 Å². The molecule has 2 aromatic rings. The zero-order chi connectivity index (χ0) is 13.0. The van der Waals surface area contributed by atoms with E-state index in [4.69, 9.17) is 16.0 Å². The second-order valence-corrected chi connectivity index (χ2v) is 5.01. The van der Waals surface area contributed by atoms with Gasteiger partial charge in [-0.3, -0.25) is 0 Å². The number of furan rings is 1. The molecule has 2 nitrogen and oxygen atoms in total. The van der Waals surface area contributed by atoms with E-state index in [9.17, 15) is 0 Å². The van der Waals surface area contributed by atoms with Gasteiger partial charge in [0.25, 0.3) is 0 Å². The normalized spacial score (nSPS) is 13.1. The summed E-state index contributed by atoms with van der Waals surface area (Å²) in [6.45, 7) is 5.37. The molecule has 3 heteroatoms. The minimum Gasteiger partial charge on any atom is -0.458 e. The summed E-state index contributed by atoms with van der Waals surface area (Å²) in [5.41, 5.74) is 0.800. The van der Waals surface area contributed by atoms with Crippen LogP contribution in [0.25, 0.3) is 11.0 Å². The first kappa shape index (κ1) is 13.4. The fourth-order valence-corrected chi connectivity index (χ4v) is 2.39. The van der Waals surface area contributed by atoms with Crippen molar-refractivity contribution in [2.45, 2.75) is 39.2 Å². The second-order valence-electron chi connectivity index (χ2n) is 4.60. The zero-order valence-corrected chi connectivity index (χ0v) is 11.8. The van der Waals surface area contributed by atoms with Crippen molar-refractivity contribution in [3.05, 3.63) is 35.0 Å². The molecule has 0 spiro atoms. The third-order valence-electron chi connectivity index (χ3n) is 3.08. The number of hydrogen-bond acceptors (Lipinski definition) is 2. The maximum atomic E-state index is 6.14. The van der Waals surface area contributed by atoms with E-state index in [0.717, 1.165) is 42.5 Å². The van der Waals surface area contributed by atoms with Crippen molar-refractivity contribution in [2.75, 3.05) is 6.54 Å². The molecule has 1 aromatic carbocycles. The number of benzene rings is 1. The summed E-state index contributed by atoms with van der Waals surface area (Å²) < 4.78 is 5.92. The minimum absolute atomic E-state index is 0.290. The Kier molecular flexibility index (Phi) is 4.67. The topological polar surface area (TPSA) is 25.2 Å². The molecule has 98 valence electrons. The Morgan fingerprint density at radius 1 is 1.28 bits per heavy atom. The lowest BCUT2D eigenvalue weighted by atomic mass is 10.1. The van der Waals surface area contributed by atoms with Gasteiger partial charge in [-0.25, -0.2) is 0 Å². The molecule has 0 aliphatic carbocycles. The smallest absolute Gasteiger partial charge is 0.152 e. The summed E-state index contributed by atoms with van der Waals surface area (Å²) in [7, 11) is 0. The van der Waals surface area contributed by atoms with Gasteiger partial charge in [-0.1, -0.05) is 44.0 Å². The predicted molar refractivity (Wildman–Crippen MR) is 77.2 cm³/mol. The number of halogens is 1. The van der Waals surface area contributed by atoms with Gasteiger partial charge < -0.3 is 9.73 Å². The molecule has 1 atom stereocenters. The van der Waals surface area contributed by atoms with Crippen molar-refractivity contribution >= 4 is 22.6 Å². The molecule has 0 radical (unpaired) electrons. The molecule has 0 saturated heterocycles. The van der Waals surface area contributed by atoms with Crippen LogP contribution in [0.4, 0.5) is 0 Å². The van der Waals surface area contributed by atoms with Crippen LogP contribution in [0.3, 0.4) is 0 Å². The highest BCUT2D eigenvalue weighted by atomic mass is 35.5. The van der Waals surface area contributed by atoms with Gasteiger partial charge in [-0.15, -0.1) is 0 Å². The maximum absolute atomic E-state index is 6.14. The third-order valence-corrected chi connectivity index (χ3v) is 3.37. The first-order valence-corrected chi connectivity index (χ1v) is 7.05. The maximum Gasteiger partial charge on any atom is 0.152 e.